The van der Waals surface area contributed by atoms with Crippen molar-refractivity contribution < 1.29 is 18.0 Å². The van der Waals surface area contributed by atoms with Crippen molar-refractivity contribution in [2.75, 3.05) is 5.75 Å². The van der Waals surface area contributed by atoms with Crippen molar-refractivity contribution in [3.05, 3.63) is 17.5 Å². The molecule has 0 saturated carbocycles. The van der Waals surface area contributed by atoms with E-state index in [1.54, 1.807) is 0 Å². The lowest BCUT2D eigenvalue weighted by Gasteiger charge is -2.05. The summed E-state index contributed by atoms with van der Waals surface area (Å²) >= 11 is 0. The van der Waals surface area contributed by atoms with Gasteiger partial charge in [-0.2, -0.15) is 0 Å². The van der Waals surface area contributed by atoms with E-state index in [2.05, 4.69) is 5.16 Å². The third kappa shape index (κ3) is 1.44. The number of nitrogens with zero attached hydrogens (tertiary/aromatic N) is 1. The van der Waals surface area contributed by atoms with Gasteiger partial charge in [-0.05, 0) is 12.8 Å². The molecule has 1 aromatic heterocycles. The molecule has 6 heteroatoms. The first-order valence-corrected chi connectivity index (χ1v) is 6.12. The molecule has 0 amide bonds. The van der Waals surface area contributed by atoms with Crippen LogP contribution in [-0.2, 0) is 16.4 Å². The molecule has 1 atom stereocenters. The number of aliphatic hydroxyl groups excluding tert-OH is 1. The topological polar surface area (TPSA) is 80.4 Å². The van der Waals surface area contributed by atoms with Crippen LogP contribution in [0, 0.1) is 0 Å². The van der Waals surface area contributed by atoms with Crippen molar-refractivity contribution in [1.82, 2.24) is 5.16 Å². The number of hydrogen-bond donors (Lipinski definition) is 1. The van der Waals surface area contributed by atoms with Gasteiger partial charge in [-0.15, -0.1) is 0 Å². The molecule has 0 aromatic carbocycles. The summed E-state index contributed by atoms with van der Waals surface area (Å²) in [5.41, 5.74) is 0.473. The van der Waals surface area contributed by atoms with E-state index in [9.17, 15) is 8.42 Å². The van der Waals surface area contributed by atoms with E-state index in [1.807, 2.05) is 0 Å². The Morgan fingerprint density at radius 3 is 3.00 bits per heavy atom. The Hall–Kier alpha value is -0.880. The summed E-state index contributed by atoms with van der Waals surface area (Å²) in [4.78, 5) is 0. The second kappa shape index (κ2) is 3.36. The van der Waals surface area contributed by atoms with Crippen LogP contribution in [0.4, 0.5) is 0 Å². The Morgan fingerprint density at radius 1 is 1.64 bits per heavy atom. The molecule has 0 aliphatic carbocycles. The van der Waals surface area contributed by atoms with Crippen LogP contribution >= 0.6 is 0 Å². The minimum atomic E-state index is -3.09. The molecular formula is C8H11NO4S. The molecule has 1 N–H and O–H groups in total. The van der Waals surface area contributed by atoms with Crippen molar-refractivity contribution in [1.29, 1.82) is 0 Å². The largest absolute Gasteiger partial charge is 0.391 e. The molecule has 0 spiro atoms. The van der Waals surface area contributed by atoms with Gasteiger partial charge in [0.2, 0.25) is 0 Å². The Kier molecular flexibility index (Phi) is 2.32. The van der Waals surface area contributed by atoms with Crippen molar-refractivity contribution in [3.8, 4) is 0 Å². The van der Waals surface area contributed by atoms with Crippen LogP contribution in [0.15, 0.2) is 10.7 Å². The zero-order valence-electron chi connectivity index (χ0n) is 7.51. The van der Waals surface area contributed by atoms with Crippen molar-refractivity contribution in [2.24, 2.45) is 0 Å². The highest BCUT2D eigenvalue weighted by atomic mass is 32.2. The van der Waals surface area contributed by atoms with E-state index in [1.165, 1.54) is 6.20 Å². The molecule has 1 aromatic rings. The highest BCUT2D eigenvalue weighted by molar-refractivity contribution is 7.91. The third-order valence-electron chi connectivity index (χ3n) is 2.47. The van der Waals surface area contributed by atoms with Gasteiger partial charge in [-0.25, -0.2) is 8.42 Å². The molecular weight excluding hydrogens is 206 g/mol. The van der Waals surface area contributed by atoms with Crippen LogP contribution in [0.2, 0.25) is 0 Å². The first kappa shape index (κ1) is 9.67. The maximum absolute atomic E-state index is 11.6. The molecule has 14 heavy (non-hydrogen) atoms. The molecule has 2 rings (SSSR count). The normalized spacial score (nSPS) is 25.4. The lowest BCUT2D eigenvalue weighted by atomic mass is 10.1. The molecule has 1 aliphatic rings. The predicted molar refractivity (Wildman–Crippen MR) is 48.2 cm³/mol. The summed E-state index contributed by atoms with van der Waals surface area (Å²) in [6.07, 6.45) is 2.58. The number of rotatable bonds is 2. The minimum Gasteiger partial charge on any atom is -0.391 e. The number of aliphatic hydroxyl groups is 1. The van der Waals surface area contributed by atoms with E-state index in [-0.39, 0.29) is 12.4 Å². The SMILES string of the molecule is O=S1(=O)CCCC1c1oncc1CO. The Bertz CT molecular complexity index is 422. The summed E-state index contributed by atoms with van der Waals surface area (Å²) in [5.74, 6) is 0.508. The predicted octanol–water partition coefficient (Wildman–Crippen LogP) is 0.417. The maximum Gasteiger partial charge on any atom is 0.160 e. The fraction of sp³-hybridized carbons (Fsp3) is 0.625. The summed E-state index contributed by atoms with van der Waals surface area (Å²) in [6, 6.07) is 0. The maximum atomic E-state index is 11.6. The van der Waals surface area contributed by atoms with E-state index in [0.29, 0.717) is 24.2 Å². The van der Waals surface area contributed by atoms with Gasteiger partial charge in [0.1, 0.15) is 5.25 Å². The summed E-state index contributed by atoms with van der Waals surface area (Å²) < 4.78 is 28.0. The van der Waals surface area contributed by atoms with Crippen LogP contribution in [0.1, 0.15) is 29.4 Å². The summed E-state index contributed by atoms with van der Waals surface area (Å²) in [6.45, 7) is -0.231. The van der Waals surface area contributed by atoms with Crippen LogP contribution < -0.4 is 0 Å². The van der Waals surface area contributed by atoms with Crippen molar-refractivity contribution in [3.63, 3.8) is 0 Å². The van der Waals surface area contributed by atoms with Gasteiger partial charge < -0.3 is 9.63 Å². The molecule has 5 nitrogen and oxygen atoms in total. The highest BCUT2D eigenvalue weighted by Crippen LogP contribution is 2.36. The molecule has 2 heterocycles. The number of hydrogen-bond acceptors (Lipinski definition) is 5. The molecule has 1 fully saturated rings. The van der Waals surface area contributed by atoms with E-state index in [4.69, 9.17) is 9.63 Å². The van der Waals surface area contributed by atoms with Crippen LogP contribution in [0.3, 0.4) is 0 Å². The Labute approximate surface area is 81.6 Å². The second-order valence-corrected chi connectivity index (χ2v) is 5.67. The van der Waals surface area contributed by atoms with Gasteiger partial charge in [0.15, 0.2) is 15.6 Å². The minimum absolute atomic E-state index is 0.198. The van der Waals surface area contributed by atoms with Crippen LogP contribution in [0.25, 0.3) is 0 Å². The Balaban J connectivity index is 2.40. The van der Waals surface area contributed by atoms with Gasteiger partial charge in [-0.1, -0.05) is 5.16 Å². The molecule has 0 bridgehead atoms. The third-order valence-corrected chi connectivity index (χ3v) is 4.64. The zero-order chi connectivity index (χ0) is 10.2. The van der Waals surface area contributed by atoms with Gasteiger partial charge in [0, 0.05) is 5.56 Å². The smallest absolute Gasteiger partial charge is 0.160 e. The average molecular weight is 217 g/mol. The highest BCUT2D eigenvalue weighted by Gasteiger charge is 2.36. The van der Waals surface area contributed by atoms with Gasteiger partial charge >= 0.3 is 0 Å². The Morgan fingerprint density at radius 2 is 2.43 bits per heavy atom. The summed E-state index contributed by atoms with van der Waals surface area (Å²) in [7, 11) is -3.09. The average Bonchev–Trinajstić information content (AvgIpc) is 2.69. The zero-order valence-corrected chi connectivity index (χ0v) is 8.33. The van der Waals surface area contributed by atoms with Gasteiger partial charge in [-0.3, -0.25) is 0 Å². The molecule has 1 saturated heterocycles. The molecule has 1 aliphatic heterocycles. The first-order valence-electron chi connectivity index (χ1n) is 4.41. The monoisotopic (exact) mass is 217 g/mol. The van der Waals surface area contributed by atoms with Crippen LogP contribution in [-0.4, -0.2) is 24.4 Å². The standard InChI is InChI=1S/C8H11NO4S/c10-5-6-4-9-13-8(6)7-2-1-3-14(7,11)12/h4,7,10H,1-3,5H2. The molecule has 1 unspecified atom stereocenters. The van der Waals surface area contributed by atoms with Crippen LogP contribution in [0.5, 0.6) is 0 Å². The summed E-state index contributed by atoms with van der Waals surface area (Å²) in [5, 5.41) is 11.8. The molecule has 78 valence electrons. The van der Waals surface area contributed by atoms with Gasteiger partial charge in [0.05, 0.1) is 18.6 Å². The number of sulfone groups is 1. The van der Waals surface area contributed by atoms with Gasteiger partial charge in [0.25, 0.3) is 0 Å². The van der Waals surface area contributed by atoms with Crippen molar-refractivity contribution in [2.45, 2.75) is 24.7 Å². The lowest BCUT2D eigenvalue weighted by Crippen LogP contribution is -2.08. The fourth-order valence-electron chi connectivity index (χ4n) is 1.74. The van der Waals surface area contributed by atoms with E-state index < -0.39 is 15.1 Å². The quantitative estimate of drug-likeness (QED) is 0.776. The van der Waals surface area contributed by atoms with E-state index >= 15 is 0 Å². The molecule has 0 radical (unpaired) electrons. The second-order valence-electron chi connectivity index (χ2n) is 3.37. The van der Waals surface area contributed by atoms with E-state index in [0.717, 1.165) is 0 Å². The fourth-order valence-corrected chi connectivity index (χ4v) is 3.64. The van der Waals surface area contributed by atoms with Crippen molar-refractivity contribution >= 4 is 9.84 Å². The first-order chi connectivity index (χ1) is 6.65. The lowest BCUT2D eigenvalue weighted by molar-refractivity contribution is 0.276. The number of aromatic nitrogens is 1.